The van der Waals surface area contributed by atoms with Crippen molar-refractivity contribution in [3.05, 3.63) is 0 Å². The maximum Gasteiger partial charge on any atom is 0.137 e. The van der Waals surface area contributed by atoms with Gasteiger partial charge in [0.05, 0.1) is 0 Å². The first-order valence-corrected chi connectivity index (χ1v) is 4.93. The van der Waals surface area contributed by atoms with E-state index in [0.717, 1.165) is 12.5 Å². The molecule has 2 nitrogen and oxygen atoms in total. The summed E-state index contributed by atoms with van der Waals surface area (Å²) < 4.78 is 5.18. The maximum absolute atomic E-state index is 5.18. The molecule has 0 aromatic rings. The molecule has 0 aliphatic heterocycles. The first kappa shape index (κ1) is 9.72. The molecule has 0 spiro atoms. The van der Waals surface area contributed by atoms with Gasteiger partial charge < -0.3 is 4.74 Å². The van der Waals surface area contributed by atoms with Gasteiger partial charge in [-0.25, -0.2) is 0 Å². The minimum Gasteiger partial charge on any atom is -0.360 e. The molecular formula is C10H19NO. The van der Waals surface area contributed by atoms with Crippen LogP contribution in [-0.2, 0) is 4.74 Å². The van der Waals surface area contributed by atoms with E-state index < -0.39 is 0 Å². The number of aliphatic imine (C=N–C) groups is 1. The van der Waals surface area contributed by atoms with Crippen LogP contribution >= 0.6 is 0 Å². The molecule has 0 atom stereocenters. The van der Waals surface area contributed by atoms with Gasteiger partial charge in [0, 0.05) is 12.3 Å². The van der Waals surface area contributed by atoms with Crippen molar-refractivity contribution >= 4 is 5.71 Å². The molecule has 12 heavy (non-hydrogen) atoms. The molecule has 1 aliphatic rings. The lowest BCUT2D eigenvalue weighted by molar-refractivity contribution is 0.156. The van der Waals surface area contributed by atoms with Crippen LogP contribution in [0.3, 0.4) is 0 Å². The summed E-state index contributed by atoms with van der Waals surface area (Å²) in [6.07, 6.45) is 5.00. The highest BCUT2D eigenvalue weighted by molar-refractivity contribution is 5.85. The first-order valence-electron chi connectivity index (χ1n) is 4.93. The molecule has 0 aromatic carbocycles. The zero-order valence-corrected chi connectivity index (χ0v) is 8.18. The summed E-state index contributed by atoms with van der Waals surface area (Å²) in [7, 11) is 0. The van der Waals surface area contributed by atoms with E-state index in [1.54, 1.807) is 0 Å². The average molecular weight is 169 g/mol. The van der Waals surface area contributed by atoms with Crippen molar-refractivity contribution in [2.75, 3.05) is 13.3 Å². The Balaban J connectivity index is 2.19. The van der Waals surface area contributed by atoms with E-state index in [-0.39, 0.29) is 0 Å². The topological polar surface area (TPSA) is 21.6 Å². The molecular weight excluding hydrogens is 150 g/mol. The van der Waals surface area contributed by atoms with Crippen LogP contribution in [0.5, 0.6) is 0 Å². The standard InChI is InChI=1S/C10H19NO/c1-3-12-8-11-10-6-4-9(2)5-7-10/h9H,3-8H2,1-2H3. The van der Waals surface area contributed by atoms with Gasteiger partial charge in [0.25, 0.3) is 0 Å². The summed E-state index contributed by atoms with van der Waals surface area (Å²) in [6, 6.07) is 0. The fraction of sp³-hybridized carbons (Fsp3) is 0.900. The lowest BCUT2D eigenvalue weighted by atomic mass is 9.89. The van der Waals surface area contributed by atoms with Gasteiger partial charge in [0.15, 0.2) is 0 Å². The van der Waals surface area contributed by atoms with Gasteiger partial charge in [-0.2, -0.15) is 0 Å². The molecule has 0 unspecified atom stereocenters. The summed E-state index contributed by atoms with van der Waals surface area (Å²) >= 11 is 0. The number of ether oxygens (including phenoxy) is 1. The zero-order valence-electron chi connectivity index (χ0n) is 8.18. The SMILES string of the molecule is CCOCN=C1CCC(C)CC1. The molecule has 0 radical (unpaired) electrons. The molecule has 0 aromatic heterocycles. The predicted octanol–water partition coefficient (Wildman–Crippen LogP) is 2.63. The van der Waals surface area contributed by atoms with Gasteiger partial charge in [-0.15, -0.1) is 0 Å². The molecule has 1 fully saturated rings. The molecule has 0 heterocycles. The molecule has 0 amide bonds. The van der Waals surface area contributed by atoms with Crippen LogP contribution in [0.15, 0.2) is 4.99 Å². The van der Waals surface area contributed by atoms with Crippen LogP contribution < -0.4 is 0 Å². The highest BCUT2D eigenvalue weighted by Gasteiger charge is 2.12. The third-order valence-corrected chi connectivity index (χ3v) is 2.44. The molecule has 1 aliphatic carbocycles. The van der Waals surface area contributed by atoms with Crippen molar-refractivity contribution in [1.82, 2.24) is 0 Å². The van der Waals surface area contributed by atoms with Crippen LogP contribution in [0.25, 0.3) is 0 Å². The summed E-state index contributed by atoms with van der Waals surface area (Å²) in [5.41, 5.74) is 1.36. The Bertz CT molecular complexity index is 144. The molecule has 0 N–H and O–H groups in total. The zero-order chi connectivity index (χ0) is 8.81. The molecule has 1 rings (SSSR count). The Labute approximate surface area is 75.0 Å². The third-order valence-electron chi connectivity index (χ3n) is 2.44. The van der Waals surface area contributed by atoms with Crippen LogP contribution in [0, 0.1) is 5.92 Å². The molecule has 0 saturated heterocycles. The Kier molecular flexibility index (Phi) is 4.30. The van der Waals surface area contributed by atoms with Crippen molar-refractivity contribution in [3.63, 3.8) is 0 Å². The summed E-state index contributed by atoms with van der Waals surface area (Å²) in [5.74, 6) is 0.899. The van der Waals surface area contributed by atoms with Crippen LogP contribution in [0.4, 0.5) is 0 Å². The van der Waals surface area contributed by atoms with Gasteiger partial charge in [0.2, 0.25) is 0 Å². The van der Waals surface area contributed by atoms with Crippen LogP contribution in [0.2, 0.25) is 0 Å². The van der Waals surface area contributed by atoms with Gasteiger partial charge in [0.1, 0.15) is 6.73 Å². The van der Waals surface area contributed by atoms with Gasteiger partial charge in [-0.05, 0) is 38.5 Å². The summed E-state index contributed by atoms with van der Waals surface area (Å²) in [6.45, 7) is 5.66. The second-order valence-electron chi connectivity index (χ2n) is 3.53. The lowest BCUT2D eigenvalue weighted by Crippen LogP contribution is -2.12. The van der Waals surface area contributed by atoms with Crippen molar-refractivity contribution in [2.24, 2.45) is 10.9 Å². The Morgan fingerprint density at radius 2 is 2.08 bits per heavy atom. The molecule has 2 heteroatoms. The normalized spacial score (nSPS) is 24.2. The second-order valence-corrected chi connectivity index (χ2v) is 3.53. The molecule has 0 bridgehead atoms. The quantitative estimate of drug-likeness (QED) is 0.595. The molecule has 1 saturated carbocycles. The minimum absolute atomic E-state index is 0.570. The summed E-state index contributed by atoms with van der Waals surface area (Å²) in [4.78, 5) is 4.40. The van der Waals surface area contributed by atoms with E-state index >= 15 is 0 Å². The summed E-state index contributed by atoms with van der Waals surface area (Å²) in [5, 5.41) is 0. The lowest BCUT2D eigenvalue weighted by Gasteiger charge is -2.18. The number of hydrogen-bond donors (Lipinski definition) is 0. The van der Waals surface area contributed by atoms with Gasteiger partial charge >= 0.3 is 0 Å². The van der Waals surface area contributed by atoms with E-state index in [2.05, 4.69) is 11.9 Å². The van der Waals surface area contributed by atoms with Gasteiger partial charge in [-0.3, -0.25) is 4.99 Å². The van der Waals surface area contributed by atoms with Crippen LogP contribution in [0.1, 0.15) is 39.5 Å². The Hall–Kier alpha value is -0.370. The number of nitrogens with zero attached hydrogens (tertiary/aromatic N) is 1. The predicted molar refractivity (Wildman–Crippen MR) is 51.6 cm³/mol. The highest BCUT2D eigenvalue weighted by Crippen LogP contribution is 2.21. The minimum atomic E-state index is 0.570. The number of rotatable bonds is 3. The highest BCUT2D eigenvalue weighted by atomic mass is 16.5. The number of hydrogen-bond acceptors (Lipinski definition) is 2. The first-order chi connectivity index (χ1) is 5.83. The fourth-order valence-electron chi connectivity index (χ4n) is 1.48. The van der Waals surface area contributed by atoms with Crippen molar-refractivity contribution < 1.29 is 4.74 Å². The third kappa shape index (κ3) is 3.35. The largest absolute Gasteiger partial charge is 0.360 e. The van der Waals surface area contributed by atoms with E-state index in [1.165, 1.54) is 31.4 Å². The Morgan fingerprint density at radius 1 is 1.42 bits per heavy atom. The maximum atomic E-state index is 5.18. The van der Waals surface area contributed by atoms with E-state index in [1.807, 2.05) is 6.92 Å². The smallest absolute Gasteiger partial charge is 0.137 e. The van der Waals surface area contributed by atoms with Crippen molar-refractivity contribution in [3.8, 4) is 0 Å². The average Bonchev–Trinajstić information content (AvgIpc) is 2.09. The molecule has 70 valence electrons. The van der Waals surface area contributed by atoms with Crippen molar-refractivity contribution in [1.29, 1.82) is 0 Å². The van der Waals surface area contributed by atoms with E-state index in [0.29, 0.717) is 6.73 Å². The van der Waals surface area contributed by atoms with E-state index in [4.69, 9.17) is 4.74 Å². The fourth-order valence-corrected chi connectivity index (χ4v) is 1.48. The van der Waals surface area contributed by atoms with E-state index in [9.17, 15) is 0 Å². The monoisotopic (exact) mass is 169 g/mol. The van der Waals surface area contributed by atoms with Gasteiger partial charge in [-0.1, -0.05) is 6.92 Å². The van der Waals surface area contributed by atoms with Crippen molar-refractivity contribution in [2.45, 2.75) is 39.5 Å². The second kappa shape index (κ2) is 5.31. The van der Waals surface area contributed by atoms with Crippen LogP contribution in [-0.4, -0.2) is 19.0 Å². The Morgan fingerprint density at radius 3 is 2.67 bits per heavy atom.